The lowest BCUT2D eigenvalue weighted by molar-refractivity contribution is -0.125. The molecule has 2 heterocycles. The van der Waals surface area contributed by atoms with E-state index in [1.54, 1.807) is 12.0 Å². The van der Waals surface area contributed by atoms with Gasteiger partial charge in [0.25, 0.3) is 11.8 Å². The van der Waals surface area contributed by atoms with Crippen LogP contribution >= 0.6 is 0 Å². The lowest BCUT2D eigenvalue weighted by Gasteiger charge is -2.27. The first kappa shape index (κ1) is 22.1. The van der Waals surface area contributed by atoms with Crippen molar-refractivity contribution >= 4 is 34.1 Å². The number of aromatic nitrogens is 2. The molecule has 34 heavy (non-hydrogen) atoms. The molecule has 1 saturated carbocycles. The molecule has 0 bridgehead atoms. The monoisotopic (exact) mass is 461 g/mol. The maximum atomic E-state index is 12.3. The van der Waals surface area contributed by atoms with Crippen molar-refractivity contribution in [3.8, 4) is 16.9 Å². The molecule has 3 aromatic rings. The van der Waals surface area contributed by atoms with Crippen LogP contribution in [-0.4, -0.2) is 54.9 Å². The molecule has 2 fully saturated rings. The van der Waals surface area contributed by atoms with Crippen molar-refractivity contribution in [1.29, 1.82) is 0 Å². The molecule has 1 aliphatic heterocycles. The summed E-state index contributed by atoms with van der Waals surface area (Å²) in [6.07, 6.45) is 2.34. The van der Waals surface area contributed by atoms with Gasteiger partial charge in [-0.05, 0) is 61.6 Å². The van der Waals surface area contributed by atoms with Gasteiger partial charge in [0.1, 0.15) is 12.4 Å². The highest BCUT2D eigenvalue weighted by atomic mass is 16.5. The normalized spacial score (nSPS) is 17.0. The maximum absolute atomic E-state index is 12.3. The summed E-state index contributed by atoms with van der Waals surface area (Å²) in [5.74, 6) is 0.559. The minimum Gasteiger partial charge on any atom is -0.496 e. The summed E-state index contributed by atoms with van der Waals surface area (Å²) in [4.78, 5) is 26.1. The van der Waals surface area contributed by atoms with Crippen LogP contribution in [0.15, 0.2) is 36.4 Å². The van der Waals surface area contributed by atoms with Gasteiger partial charge < -0.3 is 25.4 Å². The summed E-state index contributed by atoms with van der Waals surface area (Å²) < 4.78 is 10.9. The number of primary amides is 1. The summed E-state index contributed by atoms with van der Waals surface area (Å²) in [5.41, 5.74) is 9.43. The minimum atomic E-state index is -0.617. The summed E-state index contributed by atoms with van der Waals surface area (Å²) in [6.45, 7) is 3.17. The molecule has 1 aliphatic carbocycles. The van der Waals surface area contributed by atoms with Crippen LogP contribution in [0.1, 0.15) is 30.3 Å². The van der Waals surface area contributed by atoms with Gasteiger partial charge in [-0.2, -0.15) is 0 Å². The van der Waals surface area contributed by atoms with E-state index in [-0.39, 0.29) is 24.2 Å². The molecule has 176 valence electrons. The Balaban J connectivity index is 1.58. The number of nitrogens with zero attached hydrogens (tertiary/aromatic N) is 3. The van der Waals surface area contributed by atoms with Gasteiger partial charge >= 0.3 is 0 Å². The number of benzene rings is 2. The standard InChI is InChI=1S/C25H27N5O4/c1-14(15-3-4-15)27-23-18-7-5-16(11-20(18)28-29-24(23)25(26)32)19-12-17(6-8-21(19)33-2)30-9-10-34-13-22(30)31/h5-8,11-12,14-15H,3-4,9-10,13H2,1-2H3,(H2,26,32)(H,27,28). The Hall–Kier alpha value is -3.72. The first-order chi connectivity index (χ1) is 16.5. The Morgan fingerprint density at radius 2 is 2.06 bits per heavy atom. The van der Waals surface area contributed by atoms with Crippen LogP contribution in [0, 0.1) is 5.92 Å². The number of nitrogens with one attached hydrogen (secondary N) is 1. The van der Waals surface area contributed by atoms with Crippen molar-refractivity contribution in [1.82, 2.24) is 10.2 Å². The van der Waals surface area contributed by atoms with Gasteiger partial charge in [-0.3, -0.25) is 9.59 Å². The number of carbonyl (C=O) groups excluding carboxylic acids is 2. The SMILES string of the molecule is COc1ccc(N2CCOCC2=O)cc1-c1ccc2c(NC(C)C3CC3)c(C(N)=O)nnc2c1. The number of hydrogen-bond donors (Lipinski definition) is 2. The fraction of sp³-hybridized carbons (Fsp3) is 0.360. The quantitative estimate of drug-likeness (QED) is 0.555. The Morgan fingerprint density at radius 3 is 2.76 bits per heavy atom. The summed E-state index contributed by atoms with van der Waals surface area (Å²) in [6, 6.07) is 11.6. The molecule has 1 saturated heterocycles. The molecule has 5 rings (SSSR count). The van der Waals surface area contributed by atoms with Gasteiger partial charge in [0.05, 0.1) is 24.9 Å². The van der Waals surface area contributed by atoms with Gasteiger partial charge in [0, 0.05) is 29.2 Å². The van der Waals surface area contributed by atoms with E-state index >= 15 is 0 Å². The molecule has 2 aliphatic rings. The number of nitrogens with two attached hydrogens (primary N) is 1. The molecule has 1 unspecified atom stereocenters. The molecule has 0 spiro atoms. The molecule has 9 nitrogen and oxygen atoms in total. The summed E-state index contributed by atoms with van der Waals surface area (Å²) >= 11 is 0. The van der Waals surface area contributed by atoms with Crippen molar-refractivity contribution in [3.05, 3.63) is 42.1 Å². The van der Waals surface area contributed by atoms with E-state index in [1.807, 2.05) is 36.4 Å². The number of amides is 2. The van der Waals surface area contributed by atoms with Crippen LogP contribution in [0.5, 0.6) is 5.75 Å². The predicted octanol–water partition coefficient (Wildman–Crippen LogP) is 2.98. The number of morpholine rings is 1. The minimum absolute atomic E-state index is 0.0736. The predicted molar refractivity (Wildman–Crippen MR) is 129 cm³/mol. The van der Waals surface area contributed by atoms with Crippen LogP contribution in [-0.2, 0) is 9.53 Å². The zero-order valence-corrected chi connectivity index (χ0v) is 19.2. The molecule has 2 aromatic carbocycles. The molecule has 3 N–H and O–H groups in total. The zero-order chi connectivity index (χ0) is 23.8. The molecule has 1 aromatic heterocycles. The highest BCUT2D eigenvalue weighted by Crippen LogP contribution is 2.38. The van der Waals surface area contributed by atoms with Crippen molar-refractivity contribution in [3.63, 3.8) is 0 Å². The third-order valence-electron chi connectivity index (χ3n) is 6.49. The van der Waals surface area contributed by atoms with Crippen LogP contribution in [0.2, 0.25) is 0 Å². The van der Waals surface area contributed by atoms with E-state index in [4.69, 9.17) is 15.2 Å². The third-order valence-corrected chi connectivity index (χ3v) is 6.49. The lowest BCUT2D eigenvalue weighted by atomic mass is 10.0. The van der Waals surface area contributed by atoms with Crippen LogP contribution in [0.25, 0.3) is 22.0 Å². The number of anilines is 2. The highest BCUT2D eigenvalue weighted by molar-refractivity contribution is 6.05. The number of methoxy groups -OCH3 is 1. The van der Waals surface area contributed by atoms with E-state index < -0.39 is 5.91 Å². The molecule has 0 radical (unpaired) electrons. The number of rotatable bonds is 7. The summed E-state index contributed by atoms with van der Waals surface area (Å²) in [5, 5.41) is 12.6. The second kappa shape index (κ2) is 8.90. The smallest absolute Gasteiger partial charge is 0.271 e. The van der Waals surface area contributed by atoms with Crippen LogP contribution in [0.3, 0.4) is 0 Å². The van der Waals surface area contributed by atoms with E-state index in [0.717, 1.165) is 22.2 Å². The second-order valence-corrected chi connectivity index (χ2v) is 8.77. The molecule has 2 amide bonds. The number of fused-ring (bicyclic) bond motifs is 1. The van der Waals surface area contributed by atoms with Gasteiger partial charge in [-0.15, -0.1) is 10.2 Å². The highest BCUT2D eigenvalue weighted by Gasteiger charge is 2.29. The van der Waals surface area contributed by atoms with Gasteiger partial charge in [0.2, 0.25) is 0 Å². The third kappa shape index (κ3) is 4.14. The summed E-state index contributed by atoms with van der Waals surface area (Å²) in [7, 11) is 1.61. The second-order valence-electron chi connectivity index (χ2n) is 8.77. The Morgan fingerprint density at radius 1 is 1.24 bits per heavy atom. The fourth-order valence-corrected chi connectivity index (χ4v) is 4.42. The average Bonchev–Trinajstić information content (AvgIpc) is 3.69. The number of hydrogen-bond acceptors (Lipinski definition) is 7. The molecule has 1 atom stereocenters. The van der Waals surface area contributed by atoms with Crippen molar-refractivity contribution in [2.45, 2.75) is 25.8 Å². The average molecular weight is 462 g/mol. The van der Waals surface area contributed by atoms with E-state index in [2.05, 4.69) is 22.4 Å². The lowest BCUT2D eigenvalue weighted by Crippen LogP contribution is -2.41. The molecule has 9 heteroatoms. The van der Waals surface area contributed by atoms with Crippen molar-refractivity contribution < 1.29 is 19.1 Å². The Bertz CT molecular complexity index is 1270. The van der Waals surface area contributed by atoms with E-state index in [1.165, 1.54) is 12.8 Å². The van der Waals surface area contributed by atoms with Gasteiger partial charge in [-0.25, -0.2) is 0 Å². The Labute approximate surface area is 197 Å². The fourth-order valence-electron chi connectivity index (χ4n) is 4.42. The van der Waals surface area contributed by atoms with Gasteiger partial charge in [0.15, 0.2) is 5.69 Å². The van der Waals surface area contributed by atoms with Crippen LogP contribution in [0.4, 0.5) is 11.4 Å². The molecular formula is C25H27N5O4. The topological polar surface area (TPSA) is 120 Å². The first-order valence-corrected chi connectivity index (χ1v) is 11.4. The van der Waals surface area contributed by atoms with Crippen LogP contribution < -0.4 is 20.7 Å². The van der Waals surface area contributed by atoms with E-state index in [9.17, 15) is 9.59 Å². The molecular weight excluding hydrogens is 434 g/mol. The van der Waals surface area contributed by atoms with E-state index in [0.29, 0.717) is 36.0 Å². The number of ether oxygens (including phenoxy) is 2. The largest absolute Gasteiger partial charge is 0.496 e. The first-order valence-electron chi connectivity index (χ1n) is 11.4. The van der Waals surface area contributed by atoms with Crippen molar-refractivity contribution in [2.75, 3.05) is 37.1 Å². The maximum Gasteiger partial charge on any atom is 0.271 e. The zero-order valence-electron chi connectivity index (χ0n) is 19.2. The van der Waals surface area contributed by atoms with Crippen molar-refractivity contribution in [2.24, 2.45) is 11.7 Å². The van der Waals surface area contributed by atoms with Gasteiger partial charge in [-0.1, -0.05) is 6.07 Å². The number of carbonyl (C=O) groups is 2. The Kier molecular flexibility index (Phi) is 5.79.